The number of carbonyl (C=O) groups excluding carboxylic acids is 1. The molecule has 0 bridgehead atoms. The Balaban J connectivity index is 1.60. The Kier molecular flexibility index (Phi) is 6.19. The minimum Gasteiger partial charge on any atom is -0.313 e. The average Bonchev–Trinajstić information content (AvgIpc) is 3.50. The first kappa shape index (κ1) is 25.0. The zero-order valence-electron chi connectivity index (χ0n) is 21.5. The first-order valence-corrected chi connectivity index (χ1v) is 15.9. The number of aromatic nitrogens is 1. The van der Waals surface area contributed by atoms with Crippen LogP contribution in [0, 0.1) is 0 Å². The van der Waals surface area contributed by atoms with Gasteiger partial charge in [0.05, 0.1) is 5.52 Å². The molecule has 0 aliphatic carbocycles. The predicted molar refractivity (Wildman–Crippen MR) is 168 cm³/mol. The fourth-order valence-corrected chi connectivity index (χ4v) is 10.0. The van der Waals surface area contributed by atoms with Gasteiger partial charge in [0.2, 0.25) is 5.91 Å². The summed E-state index contributed by atoms with van der Waals surface area (Å²) in [5.74, 6) is -0.562. The van der Waals surface area contributed by atoms with Crippen LogP contribution < -0.4 is 10.6 Å². The number of benzene rings is 5. The van der Waals surface area contributed by atoms with E-state index >= 15 is 4.57 Å². The highest BCUT2D eigenvalue weighted by molar-refractivity contribution is 9.10. The summed E-state index contributed by atoms with van der Waals surface area (Å²) in [6.45, 7) is 0. The monoisotopic (exact) mass is 601 g/mol. The van der Waals surface area contributed by atoms with Crippen LogP contribution in [0.4, 0.5) is 0 Å². The van der Waals surface area contributed by atoms with Crippen molar-refractivity contribution < 1.29 is 9.36 Å². The first-order valence-electron chi connectivity index (χ1n) is 13.3. The quantitative estimate of drug-likeness (QED) is 0.187. The Morgan fingerprint density at radius 2 is 1.23 bits per heavy atom. The molecule has 2 atom stereocenters. The van der Waals surface area contributed by atoms with Crippen molar-refractivity contribution in [3.8, 4) is 11.1 Å². The molecule has 2 heterocycles. The summed E-state index contributed by atoms with van der Waals surface area (Å²) in [6.07, 6.45) is 0. The standard InChI is InChI=1S/C35H25BrNO2P/c36-26-16-12-15-25(23-26)32-33-31(24-13-4-1-5-14-24)29-21-10-11-22-30(29)37(33)35(38)34(32)40(39,27-17-6-2-7-18-27)28-19-8-3-9-20-28/h1-23,32,34H/t32-,34+/m1/s1. The summed E-state index contributed by atoms with van der Waals surface area (Å²) >= 11 is 3.66. The largest absolute Gasteiger partial charge is 0.313 e. The van der Waals surface area contributed by atoms with E-state index in [1.807, 2.05) is 114 Å². The van der Waals surface area contributed by atoms with E-state index in [0.717, 1.165) is 37.8 Å². The molecule has 3 nitrogen and oxygen atoms in total. The maximum atomic E-state index is 15.8. The van der Waals surface area contributed by atoms with E-state index in [4.69, 9.17) is 0 Å². The molecule has 1 aromatic heterocycles. The van der Waals surface area contributed by atoms with Gasteiger partial charge in [0.1, 0.15) is 5.66 Å². The molecular formula is C35H25BrNO2P. The molecule has 5 aromatic carbocycles. The Morgan fingerprint density at radius 1 is 0.650 bits per heavy atom. The molecule has 40 heavy (non-hydrogen) atoms. The van der Waals surface area contributed by atoms with Crippen LogP contribution in [0.2, 0.25) is 0 Å². The molecule has 1 aliphatic rings. The number of para-hydroxylation sites is 1. The Labute approximate surface area is 241 Å². The van der Waals surface area contributed by atoms with E-state index in [0.29, 0.717) is 10.6 Å². The van der Waals surface area contributed by atoms with Gasteiger partial charge in [-0.15, -0.1) is 0 Å². The molecule has 194 valence electrons. The number of hydrogen-bond acceptors (Lipinski definition) is 2. The van der Waals surface area contributed by atoms with Crippen molar-refractivity contribution in [1.29, 1.82) is 0 Å². The Hall–Kier alpha value is -3.98. The molecular weight excluding hydrogens is 577 g/mol. The van der Waals surface area contributed by atoms with E-state index < -0.39 is 18.7 Å². The molecule has 1 aliphatic heterocycles. The van der Waals surface area contributed by atoms with Crippen molar-refractivity contribution in [3.05, 3.63) is 155 Å². The first-order chi connectivity index (χ1) is 19.6. The summed E-state index contributed by atoms with van der Waals surface area (Å²) in [5, 5.41) is 2.40. The van der Waals surface area contributed by atoms with Gasteiger partial charge < -0.3 is 4.57 Å². The van der Waals surface area contributed by atoms with Gasteiger partial charge in [-0.2, -0.15) is 0 Å². The van der Waals surface area contributed by atoms with Crippen LogP contribution in [0.3, 0.4) is 0 Å². The summed E-state index contributed by atoms with van der Waals surface area (Å²) < 4.78 is 18.6. The van der Waals surface area contributed by atoms with Gasteiger partial charge in [0.25, 0.3) is 0 Å². The van der Waals surface area contributed by atoms with E-state index in [1.165, 1.54) is 0 Å². The van der Waals surface area contributed by atoms with E-state index in [2.05, 4.69) is 46.3 Å². The predicted octanol–water partition coefficient (Wildman–Crippen LogP) is 8.24. The van der Waals surface area contributed by atoms with Gasteiger partial charge in [-0.05, 0) is 29.3 Å². The maximum Gasteiger partial charge on any atom is 0.243 e. The topological polar surface area (TPSA) is 39.1 Å². The molecule has 7 rings (SSSR count). The lowest BCUT2D eigenvalue weighted by atomic mass is 9.89. The minimum atomic E-state index is -3.49. The van der Waals surface area contributed by atoms with Gasteiger partial charge >= 0.3 is 0 Å². The number of halogens is 1. The lowest BCUT2D eigenvalue weighted by Crippen LogP contribution is -2.33. The summed E-state index contributed by atoms with van der Waals surface area (Å²) in [7, 11) is -3.49. The highest BCUT2D eigenvalue weighted by atomic mass is 79.9. The van der Waals surface area contributed by atoms with E-state index in [1.54, 1.807) is 0 Å². The second-order valence-corrected chi connectivity index (χ2v) is 13.9. The molecule has 0 spiro atoms. The third-order valence-electron chi connectivity index (χ3n) is 7.94. The second kappa shape index (κ2) is 9.89. The number of hydrogen-bond donors (Lipinski definition) is 0. The smallest absolute Gasteiger partial charge is 0.243 e. The normalized spacial score (nSPS) is 16.8. The van der Waals surface area contributed by atoms with Crippen LogP contribution in [0.25, 0.3) is 22.0 Å². The number of rotatable bonds is 5. The number of carbonyl (C=O) groups is 1. The van der Waals surface area contributed by atoms with Crippen molar-refractivity contribution in [2.24, 2.45) is 0 Å². The van der Waals surface area contributed by atoms with Gasteiger partial charge in [-0.3, -0.25) is 9.36 Å². The van der Waals surface area contributed by atoms with Crippen LogP contribution in [0.15, 0.2) is 144 Å². The zero-order valence-corrected chi connectivity index (χ0v) is 24.0. The van der Waals surface area contributed by atoms with Gasteiger partial charge in [0.15, 0.2) is 7.14 Å². The van der Waals surface area contributed by atoms with Crippen LogP contribution in [0.1, 0.15) is 22.0 Å². The van der Waals surface area contributed by atoms with Gasteiger partial charge in [-0.25, -0.2) is 0 Å². The van der Waals surface area contributed by atoms with Crippen LogP contribution in [-0.2, 0) is 4.57 Å². The van der Waals surface area contributed by atoms with Crippen LogP contribution >= 0.6 is 23.1 Å². The molecule has 0 unspecified atom stereocenters. The van der Waals surface area contributed by atoms with Crippen LogP contribution in [0.5, 0.6) is 0 Å². The second-order valence-electron chi connectivity index (χ2n) is 10.1. The van der Waals surface area contributed by atoms with Crippen molar-refractivity contribution in [2.75, 3.05) is 0 Å². The van der Waals surface area contributed by atoms with Crippen molar-refractivity contribution in [1.82, 2.24) is 4.57 Å². The minimum absolute atomic E-state index is 0.130. The van der Waals surface area contributed by atoms with Gasteiger partial charge in [-0.1, -0.05) is 137 Å². The Morgan fingerprint density at radius 3 is 1.85 bits per heavy atom. The highest BCUT2D eigenvalue weighted by Crippen LogP contribution is 2.60. The molecule has 0 N–H and O–H groups in total. The molecule has 0 saturated heterocycles. The molecule has 6 aromatic rings. The lowest BCUT2D eigenvalue weighted by molar-refractivity contribution is 0.0930. The van der Waals surface area contributed by atoms with E-state index in [9.17, 15) is 4.79 Å². The molecule has 0 fully saturated rings. The fraction of sp³-hybridized carbons (Fsp3) is 0.0571. The van der Waals surface area contributed by atoms with Crippen molar-refractivity contribution >= 4 is 50.5 Å². The van der Waals surface area contributed by atoms with E-state index in [-0.39, 0.29) is 5.91 Å². The Bertz CT molecular complexity index is 1870. The lowest BCUT2D eigenvalue weighted by Gasteiger charge is -2.29. The number of nitrogens with zero attached hydrogens (tertiary/aromatic N) is 1. The summed E-state index contributed by atoms with van der Waals surface area (Å²) in [4.78, 5) is 14.9. The molecule has 0 saturated carbocycles. The maximum absolute atomic E-state index is 15.8. The van der Waals surface area contributed by atoms with Gasteiger partial charge in [0, 0.05) is 37.6 Å². The zero-order chi connectivity index (χ0) is 27.3. The summed E-state index contributed by atoms with van der Waals surface area (Å²) in [6, 6.07) is 45.5. The molecule has 0 radical (unpaired) electrons. The highest BCUT2D eigenvalue weighted by Gasteiger charge is 2.54. The third kappa shape index (κ3) is 3.78. The SMILES string of the molecule is O=C1[C@@H](P(=O)(c2ccccc2)c2ccccc2)[C@H](c2cccc(Br)c2)c2c(-c3ccccc3)c3ccccc3n21. The summed E-state index contributed by atoms with van der Waals surface area (Å²) in [5.41, 5.74) is 3.94. The molecule has 5 heteroatoms. The molecule has 0 amide bonds. The van der Waals surface area contributed by atoms with Crippen LogP contribution in [-0.4, -0.2) is 16.1 Å². The third-order valence-corrected chi connectivity index (χ3v) is 11.9. The number of fused-ring (bicyclic) bond motifs is 3. The average molecular weight is 602 g/mol. The van der Waals surface area contributed by atoms with Crippen molar-refractivity contribution in [2.45, 2.75) is 11.6 Å². The van der Waals surface area contributed by atoms with Crippen molar-refractivity contribution in [3.63, 3.8) is 0 Å². The fourth-order valence-electron chi connectivity index (χ4n) is 6.30.